The topological polar surface area (TPSA) is 104 Å². The van der Waals surface area contributed by atoms with Crippen molar-refractivity contribution in [2.45, 2.75) is 403 Å². The normalized spacial score (nSPS) is 22.4. The van der Waals surface area contributed by atoms with Crippen molar-refractivity contribution in [2.24, 2.45) is 5.92 Å². The van der Waals surface area contributed by atoms with Crippen LogP contribution in [0.5, 0.6) is 0 Å². The highest BCUT2D eigenvalue weighted by atomic mass is 19.3. The van der Waals surface area contributed by atoms with E-state index in [1.807, 2.05) is 13.8 Å². The first-order chi connectivity index (χ1) is 37.2. The molecule has 2 saturated heterocycles. The Balaban J connectivity index is 0. The summed E-state index contributed by atoms with van der Waals surface area (Å²) in [5.74, 6) is -1.42. The predicted molar refractivity (Wildman–Crippen MR) is 338 cm³/mol. The summed E-state index contributed by atoms with van der Waals surface area (Å²) in [4.78, 5) is 0. The van der Waals surface area contributed by atoms with Crippen molar-refractivity contribution in [3.05, 3.63) is 0 Å². The molecule has 478 valence electrons. The summed E-state index contributed by atoms with van der Waals surface area (Å²) in [5.41, 5.74) is 0. The van der Waals surface area contributed by atoms with Crippen LogP contribution in [0, 0.1) is 5.92 Å². The van der Waals surface area contributed by atoms with Crippen LogP contribution in [0.15, 0.2) is 0 Å². The molecule has 6 fully saturated rings. The summed E-state index contributed by atoms with van der Waals surface area (Å²) in [6, 6.07) is 5.00. The molecule has 2 atom stereocenters. The number of nitrogens with one attached hydrogen (secondary N) is 4. The smallest absolute Gasteiger partial charge is 0.248 e. The van der Waals surface area contributed by atoms with Gasteiger partial charge in [0.15, 0.2) is 0 Å². The number of hydrogen-bond donors (Lipinski definition) is 4. The quantitative estimate of drug-likeness (QED) is 0.106. The van der Waals surface area contributed by atoms with Crippen molar-refractivity contribution in [3.63, 3.8) is 0 Å². The Morgan fingerprint density at radius 1 is 0.380 bits per heavy atom. The minimum Gasteiger partial charge on any atom is -0.381 e. The monoisotopic (exact) mass is 1140 g/mol. The van der Waals surface area contributed by atoms with Gasteiger partial charge >= 0.3 is 0 Å². The van der Waals surface area contributed by atoms with Gasteiger partial charge in [-0.3, -0.25) is 0 Å². The maximum absolute atomic E-state index is 12.7. The van der Waals surface area contributed by atoms with E-state index in [4.69, 9.17) is 28.4 Å². The maximum atomic E-state index is 12.7. The Hall–Kier alpha value is -0.540. The summed E-state index contributed by atoms with van der Waals surface area (Å²) < 4.78 is 57.9. The SMILES string of the molecule is CC(C)NC1CCC(F)(F)CC1.CC(C)NC1CCCCC1.CC(C)NC1CCOCC1.CC(C)OC1CCCCC1.CC(C)OC1CCOCC1.CC1CCC(NC(C)C)CC1.CCC(C)OC(C)C.CCC(C)OC(C)C. The van der Waals surface area contributed by atoms with Crippen molar-refractivity contribution in [3.8, 4) is 0 Å². The second-order valence-electron chi connectivity index (χ2n) is 26.3. The first kappa shape index (κ1) is 80.5. The Bertz CT molecular complexity index is 1140. The minimum absolute atomic E-state index is 0.0530. The number of halogens is 2. The third-order valence-electron chi connectivity index (χ3n) is 14.6. The van der Waals surface area contributed by atoms with E-state index in [9.17, 15) is 8.78 Å². The molecule has 0 aromatic carbocycles. The molecule has 4 saturated carbocycles. The van der Waals surface area contributed by atoms with Gasteiger partial charge in [-0.25, -0.2) is 8.78 Å². The maximum Gasteiger partial charge on any atom is 0.248 e. The zero-order valence-electron chi connectivity index (χ0n) is 56.3. The Kier molecular flexibility index (Phi) is 51.7. The van der Waals surface area contributed by atoms with Crippen molar-refractivity contribution >= 4 is 0 Å². The van der Waals surface area contributed by atoms with Crippen molar-refractivity contribution in [1.29, 1.82) is 0 Å². The number of alkyl halides is 2. The highest BCUT2D eigenvalue weighted by Gasteiger charge is 2.34. The van der Waals surface area contributed by atoms with Gasteiger partial charge in [-0.2, -0.15) is 0 Å². The summed E-state index contributed by atoms with van der Waals surface area (Å²) in [6.07, 6.45) is 31.0. The van der Waals surface area contributed by atoms with Crippen LogP contribution in [0.1, 0.15) is 299 Å². The standard InChI is InChI=1S/C10H21N.C9H17F2N.C9H19N.C9H18O.C8H17NO.C8H16O2.2C7H16O/c1-8(2)11-10-6-4-9(3)5-7-10;1-7(2)12-8-3-5-9(10,11)6-4-8;2*1-8(2)10-9-6-4-3-5-7-9;1-7(2)9-8-3-5-10-6-4-8;1-7(2)10-8-3-5-9-6-4-8;2*1-5-7(4)8-6(2)3/h8-11H,4-7H2,1-3H3;7-8,12H,3-6H2,1-2H3;8-10H,3-7H2,1-2H3;8-9H,3-7H2,1-2H3;7-9H,3-6H2,1-2H3;7-8H,3-6H2,1-2H3;2*6-7H,5H2,1-4H3. The van der Waals surface area contributed by atoms with Crippen LogP contribution in [0.4, 0.5) is 8.78 Å². The van der Waals surface area contributed by atoms with E-state index >= 15 is 0 Å². The fraction of sp³-hybridized carbons (Fsp3) is 1.00. The average molecular weight is 1140 g/mol. The Morgan fingerprint density at radius 3 is 1.00 bits per heavy atom. The molecule has 0 spiro atoms. The summed E-state index contributed by atoms with van der Waals surface area (Å²) in [6.45, 7) is 48.5. The van der Waals surface area contributed by atoms with E-state index in [1.165, 1.54) is 103 Å². The third-order valence-corrected chi connectivity index (χ3v) is 14.6. The lowest BCUT2D eigenvalue weighted by atomic mass is 9.87. The molecule has 0 radical (unpaired) electrons. The van der Waals surface area contributed by atoms with Crippen LogP contribution < -0.4 is 21.3 Å². The van der Waals surface area contributed by atoms with Gasteiger partial charge in [-0.05, 0) is 178 Å². The van der Waals surface area contributed by atoms with Gasteiger partial charge in [0.25, 0.3) is 0 Å². The lowest BCUT2D eigenvalue weighted by molar-refractivity contribution is -0.0563. The average Bonchev–Trinajstić information content (AvgIpc) is 3.36. The molecule has 4 N–H and O–H groups in total. The minimum atomic E-state index is -2.39. The van der Waals surface area contributed by atoms with Gasteiger partial charge in [0.2, 0.25) is 5.92 Å². The van der Waals surface area contributed by atoms with Crippen LogP contribution in [0.2, 0.25) is 0 Å². The molecule has 0 aromatic rings. The fourth-order valence-electron chi connectivity index (χ4n) is 10.6. The highest BCUT2D eigenvalue weighted by molar-refractivity contribution is 4.82. The van der Waals surface area contributed by atoms with Crippen LogP contribution in [0.25, 0.3) is 0 Å². The highest BCUT2D eigenvalue weighted by Crippen LogP contribution is 2.33. The van der Waals surface area contributed by atoms with Gasteiger partial charge in [-0.15, -0.1) is 0 Å². The van der Waals surface area contributed by atoms with E-state index in [2.05, 4.69) is 153 Å². The predicted octanol–water partition coefficient (Wildman–Crippen LogP) is 17.4. The van der Waals surface area contributed by atoms with Crippen LogP contribution in [-0.2, 0) is 28.4 Å². The molecule has 6 rings (SSSR count). The van der Waals surface area contributed by atoms with E-state index in [-0.39, 0.29) is 12.8 Å². The van der Waals surface area contributed by atoms with Crippen LogP contribution in [-0.4, -0.2) is 130 Å². The molecule has 0 bridgehead atoms. The second-order valence-corrected chi connectivity index (χ2v) is 26.3. The molecular weight excluding hydrogens is 995 g/mol. The first-order valence-electron chi connectivity index (χ1n) is 33.4. The number of hydrogen-bond acceptors (Lipinski definition) is 10. The molecule has 12 heteroatoms. The number of ether oxygens (including phenoxy) is 6. The molecule has 10 nitrogen and oxygen atoms in total. The van der Waals surface area contributed by atoms with Gasteiger partial charge in [-0.1, -0.05) is 115 Å². The third kappa shape index (κ3) is 55.1. The fourth-order valence-corrected chi connectivity index (χ4v) is 10.6. The first-order valence-corrected chi connectivity index (χ1v) is 33.4. The van der Waals surface area contributed by atoms with E-state index in [1.54, 1.807) is 0 Å². The van der Waals surface area contributed by atoms with Gasteiger partial charge in [0.05, 0.1) is 48.8 Å². The molecule has 79 heavy (non-hydrogen) atoms. The molecule has 6 aliphatic rings. The van der Waals surface area contributed by atoms with E-state index < -0.39 is 5.92 Å². The number of rotatable bonds is 18. The molecule has 2 heterocycles. The summed E-state index contributed by atoms with van der Waals surface area (Å²) in [5, 5.41) is 14.0. The lowest BCUT2D eigenvalue weighted by Crippen LogP contribution is -2.40. The lowest BCUT2D eigenvalue weighted by Gasteiger charge is -2.30. The summed E-state index contributed by atoms with van der Waals surface area (Å²) >= 11 is 0. The van der Waals surface area contributed by atoms with Gasteiger partial charge in [0.1, 0.15) is 0 Å². The summed E-state index contributed by atoms with van der Waals surface area (Å²) in [7, 11) is 0. The van der Waals surface area contributed by atoms with Crippen molar-refractivity contribution < 1.29 is 37.2 Å². The molecular formula is C67H140F2N4O6. The van der Waals surface area contributed by atoms with Crippen molar-refractivity contribution in [2.75, 3.05) is 26.4 Å². The van der Waals surface area contributed by atoms with Crippen LogP contribution >= 0.6 is 0 Å². The largest absolute Gasteiger partial charge is 0.381 e. The molecule has 0 aromatic heterocycles. The molecule has 4 aliphatic carbocycles. The zero-order valence-corrected chi connectivity index (χ0v) is 56.3. The van der Waals surface area contributed by atoms with Gasteiger partial charge in [0, 0.05) is 87.6 Å². The van der Waals surface area contributed by atoms with E-state index in [0.29, 0.717) is 97.9 Å². The Labute approximate surface area is 491 Å². The second kappa shape index (κ2) is 50.8. The zero-order chi connectivity index (χ0) is 60.2. The molecule has 0 amide bonds. The van der Waals surface area contributed by atoms with Gasteiger partial charge < -0.3 is 49.7 Å². The molecule has 2 aliphatic heterocycles. The molecule has 2 unspecified atom stereocenters. The van der Waals surface area contributed by atoms with E-state index in [0.717, 1.165) is 70.1 Å². The van der Waals surface area contributed by atoms with Crippen LogP contribution in [0.3, 0.4) is 0 Å². The van der Waals surface area contributed by atoms with Crippen molar-refractivity contribution in [1.82, 2.24) is 21.3 Å². The Morgan fingerprint density at radius 2 is 0.684 bits per heavy atom.